The average molecular weight is 280 g/mol. The monoisotopic (exact) mass is 280 g/mol. The van der Waals surface area contributed by atoms with Crippen LogP contribution in [0.1, 0.15) is 66.7 Å². The zero-order valence-electron chi connectivity index (χ0n) is 13.5. The second-order valence-electron chi connectivity index (χ2n) is 8.52. The molecule has 3 aliphatic rings. The average Bonchev–Trinajstić information content (AvgIpc) is 3.02. The van der Waals surface area contributed by atoms with Crippen molar-refractivity contribution in [3.63, 3.8) is 0 Å². The summed E-state index contributed by atoms with van der Waals surface area (Å²) in [5, 5.41) is 10.7. The van der Waals surface area contributed by atoms with E-state index in [4.69, 9.17) is 4.74 Å². The Labute approximate surface area is 122 Å². The van der Waals surface area contributed by atoms with E-state index in [2.05, 4.69) is 20.8 Å². The van der Waals surface area contributed by atoms with E-state index in [9.17, 15) is 9.90 Å². The molecule has 1 spiro atoms. The molecule has 0 aromatic heterocycles. The van der Waals surface area contributed by atoms with E-state index < -0.39 is 11.7 Å². The molecular formula is C17H28O3. The highest BCUT2D eigenvalue weighted by Crippen LogP contribution is 2.82. The fourth-order valence-electron chi connectivity index (χ4n) is 6.15. The van der Waals surface area contributed by atoms with Crippen molar-refractivity contribution in [3.8, 4) is 0 Å². The first-order valence-corrected chi connectivity index (χ1v) is 7.97. The highest BCUT2D eigenvalue weighted by molar-refractivity contribution is 5.67. The molecule has 0 aromatic rings. The van der Waals surface area contributed by atoms with Gasteiger partial charge in [0.1, 0.15) is 5.60 Å². The fraction of sp³-hybridized carbons (Fsp3) is 0.941. The van der Waals surface area contributed by atoms with Crippen LogP contribution in [-0.4, -0.2) is 22.8 Å². The van der Waals surface area contributed by atoms with Gasteiger partial charge in [-0.05, 0) is 48.9 Å². The van der Waals surface area contributed by atoms with E-state index in [1.807, 2.05) is 6.92 Å². The summed E-state index contributed by atoms with van der Waals surface area (Å²) in [5.41, 5.74) is 0.00629. The van der Waals surface area contributed by atoms with E-state index in [-0.39, 0.29) is 22.2 Å². The highest BCUT2D eigenvalue weighted by atomic mass is 16.6. The minimum atomic E-state index is -0.694. The van der Waals surface area contributed by atoms with Crippen LogP contribution in [0.5, 0.6) is 0 Å². The number of aliphatic hydroxyl groups is 1. The Bertz CT molecular complexity index is 457. The molecule has 3 nitrogen and oxygen atoms in total. The van der Waals surface area contributed by atoms with Gasteiger partial charge < -0.3 is 9.84 Å². The van der Waals surface area contributed by atoms with Crippen LogP contribution >= 0.6 is 0 Å². The topological polar surface area (TPSA) is 46.5 Å². The maximum Gasteiger partial charge on any atom is 0.303 e. The maximum absolute atomic E-state index is 11.5. The van der Waals surface area contributed by atoms with Gasteiger partial charge in [-0.2, -0.15) is 0 Å². The van der Waals surface area contributed by atoms with Gasteiger partial charge in [-0.25, -0.2) is 0 Å². The van der Waals surface area contributed by atoms with Crippen LogP contribution in [0.2, 0.25) is 0 Å². The number of esters is 1. The lowest BCUT2D eigenvalue weighted by molar-refractivity contribution is -0.207. The van der Waals surface area contributed by atoms with Gasteiger partial charge in [0.05, 0.1) is 6.10 Å². The Kier molecular flexibility index (Phi) is 2.72. The predicted molar refractivity (Wildman–Crippen MR) is 77.1 cm³/mol. The Balaban J connectivity index is 2.02. The van der Waals surface area contributed by atoms with Crippen molar-refractivity contribution in [3.05, 3.63) is 0 Å². The molecular weight excluding hydrogens is 252 g/mol. The quantitative estimate of drug-likeness (QED) is 0.750. The maximum atomic E-state index is 11.5. The molecule has 0 aromatic carbocycles. The Morgan fingerprint density at radius 1 is 1.15 bits per heavy atom. The first kappa shape index (κ1) is 14.4. The van der Waals surface area contributed by atoms with Crippen molar-refractivity contribution in [2.75, 3.05) is 0 Å². The van der Waals surface area contributed by atoms with Crippen molar-refractivity contribution in [2.24, 2.45) is 22.2 Å². The largest absolute Gasteiger partial charge is 0.456 e. The number of aliphatic hydroxyl groups excluding tert-OH is 1. The molecule has 0 heterocycles. The Morgan fingerprint density at radius 2 is 1.80 bits per heavy atom. The number of hydrogen-bond acceptors (Lipinski definition) is 3. The number of ether oxygens (including phenoxy) is 1. The number of carbonyl (C=O) groups is 1. The Morgan fingerprint density at radius 3 is 2.40 bits per heavy atom. The summed E-state index contributed by atoms with van der Waals surface area (Å²) in [7, 11) is 0. The van der Waals surface area contributed by atoms with Crippen LogP contribution in [0, 0.1) is 22.2 Å². The minimum Gasteiger partial charge on any atom is -0.456 e. The molecule has 0 aliphatic heterocycles. The summed E-state index contributed by atoms with van der Waals surface area (Å²) in [4.78, 5) is 11.5. The van der Waals surface area contributed by atoms with Crippen LogP contribution in [0.3, 0.4) is 0 Å². The van der Waals surface area contributed by atoms with Crippen LogP contribution in [-0.2, 0) is 9.53 Å². The van der Waals surface area contributed by atoms with E-state index in [0.717, 1.165) is 12.8 Å². The summed E-state index contributed by atoms with van der Waals surface area (Å²) in [5.74, 6) is 0.0359. The van der Waals surface area contributed by atoms with Gasteiger partial charge in [-0.15, -0.1) is 0 Å². The third kappa shape index (κ3) is 1.48. The molecule has 0 saturated heterocycles. The van der Waals surface area contributed by atoms with E-state index in [1.54, 1.807) is 0 Å². The lowest BCUT2D eigenvalue weighted by Crippen LogP contribution is -2.59. The minimum absolute atomic E-state index is 0.193. The normalized spacial score (nSPS) is 52.7. The third-order valence-corrected chi connectivity index (χ3v) is 7.14. The van der Waals surface area contributed by atoms with Crippen LogP contribution in [0.4, 0.5) is 0 Å². The van der Waals surface area contributed by atoms with Crippen molar-refractivity contribution < 1.29 is 14.6 Å². The molecule has 3 fully saturated rings. The standard InChI is InChI=1S/C17H28O3/c1-11(18)20-16(5)12-9-17(12)14(2,3)7-6-8-15(17,4)10-13(16)19/h12-13,19H,6-10H2,1-5H3/t12-,13?,15-,16?,17-/m0/s1. The van der Waals surface area contributed by atoms with Crippen molar-refractivity contribution in [1.29, 1.82) is 0 Å². The lowest BCUT2D eigenvalue weighted by atomic mass is 9.47. The van der Waals surface area contributed by atoms with Crippen LogP contribution in [0.15, 0.2) is 0 Å². The SMILES string of the molecule is CC(=O)OC1(C)C(O)C[C@]2(C)CCCC(C)(C)[C@@]23C[C@@H]13. The van der Waals surface area contributed by atoms with Crippen LogP contribution in [0.25, 0.3) is 0 Å². The van der Waals surface area contributed by atoms with Gasteiger partial charge in [-0.3, -0.25) is 4.79 Å². The van der Waals surface area contributed by atoms with Crippen molar-refractivity contribution in [2.45, 2.75) is 78.4 Å². The van der Waals surface area contributed by atoms with Crippen LogP contribution < -0.4 is 0 Å². The molecule has 2 unspecified atom stereocenters. The summed E-state index contributed by atoms with van der Waals surface area (Å²) >= 11 is 0. The third-order valence-electron chi connectivity index (χ3n) is 7.14. The molecule has 114 valence electrons. The summed E-state index contributed by atoms with van der Waals surface area (Å²) in [6, 6.07) is 0. The zero-order chi connectivity index (χ0) is 15.0. The first-order valence-electron chi connectivity index (χ1n) is 7.97. The highest BCUT2D eigenvalue weighted by Gasteiger charge is 2.80. The molecule has 0 radical (unpaired) electrons. The van der Waals surface area contributed by atoms with Gasteiger partial charge in [0.25, 0.3) is 0 Å². The van der Waals surface area contributed by atoms with Gasteiger partial charge in [0, 0.05) is 12.8 Å². The van der Waals surface area contributed by atoms with Crippen molar-refractivity contribution >= 4 is 5.97 Å². The molecule has 0 bridgehead atoms. The molecule has 0 amide bonds. The smallest absolute Gasteiger partial charge is 0.303 e. The predicted octanol–water partition coefficient (Wildman–Crippen LogP) is 3.30. The van der Waals surface area contributed by atoms with Gasteiger partial charge in [0.15, 0.2) is 0 Å². The number of rotatable bonds is 1. The molecule has 3 heteroatoms. The number of carbonyl (C=O) groups excluding carboxylic acids is 1. The fourth-order valence-corrected chi connectivity index (χ4v) is 6.15. The summed E-state index contributed by atoms with van der Waals surface area (Å²) in [6.45, 7) is 10.5. The number of hydrogen-bond donors (Lipinski definition) is 1. The summed E-state index contributed by atoms with van der Waals surface area (Å²) in [6.07, 6.45) is 5.00. The van der Waals surface area contributed by atoms with Gasteiger partial charge in [0.2, 0.25) is 0 Å². The first-order chi connectivity index (χ1) is 9.09. The van der Waals surface area contributed by atoms with E-state index in [0.29, 0.717) is 5.92 Å². The summed E-state index contributed by atoms with van der Waals surface area (Å²) < 4.78 is 5.64. The Hall–Kier alpha value is -0.570. The lowest BCUT2D eigenvalue weighted by Gasteiger charge is -2.59. The second kappa shape index (κ2) is 3.79. The molecule has 20 heavy (non-hydrogen) atoms. The van der Waals surface area contributed by atoms with Crippen molar-refractivity contribution in [1.82, 2.24) is 0 Å². The van der Waals surface area contributed by atoms with Gasteiger partial charge >= 0.3 is 5.97 Å². The molecule has 3 rings (SSSR count). The molecule has 1 N–H and O–H groups in total. The second-order valence-corrected chi connectivity index (χ2v) is 8.52. The molecule has 5 atom stereocenters. The molecule has 3 saturated carbocycles. The van der Waals surface area contributed by atoms with E-state index >= 15 is 0 Å². The molecule has 3 aliphatic carbocycles. The van der Waals surface area contributed by atoms with E-state index in [1.165, 1.54) is 26.2 Å². The zero-order valence-corrected chi connectivity index (χ0v) is 13.5. The van der Waals surface area contributed by atoms with Gasteiger partial charge in [-0.1, -0.05) is 27.2 Å².